The summed E-state index contributed by atoms with van der Waals surface area (Å²) in [7, 11) is 2.23. The highest BCUT2D eigenvalue weighted by Gasteiger charge is 2.39. The second kappa shape index (κ2) is 11.5. The van der Waals surface area contributed by atoms with Crippen LogP contribution in [0.3, 0.4) is 0 Å². The van der Waals surface area contributed by atoms with Gasteiger partial charge >= 0.3 is 0 Å². The minimum Gasteiger partial charge on any atom is -0.370 e. The monoisotopic (exact) mass is 513 g/mol. The van der Waals surface area contributed by atoms with Gasteiger partial charge in [0.1, 0.15) is 0 Å². The summed E-state index contributed by atoms with van der Waals surface area (Å²) in [6.07, 6.45) is 8.36. The average molecular weight is 514 g/mol. The number of likely N-dealkylation sites (tertiary alicyclic amines) is 2. The highest BCUT2D eigenvalue weighted by atomic mass is 127. The second-order valence-corrected chi connectivity index (χ2v) is 8.56. The molecule has 0 atom stereocenters. The van der Waals surface area contributed by atoms with Crippen LogP contribution in [0.1, 0.15) is 57.1 Å². The molecule has 164 valence electrons. The number of rotatable bonds is 6. The first-order valence-electron chi connectivity index (χ1n) is 11.2. The molecule has 0 radical (unpaired) electrons. The Labute approximate surface area is 194 Å². The van der Waals surface area contributed by atoms with E-state index in [2.05, 4.69) is 54.2 Å². The standard InChI is InChI=1S/C23H39N5.HI/c1-4-19-10-9-11-20(5-2)21(19)26-22(24)25-18-23(12-16-27(3)17-13-23)28-14-7-6-8-15-28;/h9-11H,4-8,12-18H2,1-3H3,(H3,24,25,26);1H. The number of para-hydroxylation sites is 1. The Bertz CT molecular complexity index is 639. The van der Waals surface area contributed by atoms with Gasteiger partial charge in [-0.3, -0.25) is 9.89 Å². The molecular formula is C23H40IN5. The van der Waals surface area contributed by atoms with Crippen LogP contribution in [-0.4, -0.2) is 61.1 Å². The fraction of sp³-hybridized carbons (Fsp3) is 0.696. The molecule has 2 saturated heterocycles. The van der Waals surface area contributed by atoms with Gasteiger partial charge < -0.3 is 16.0 Å². The summed E-state index contributed by atoms with van der Waals surface area (Å²) >= 11 is 0. The summed E-state index contributed by atoms with van der Waals surface area (Å²) in [4.78, 5) is 10.1. The van der Waals surface area contributed by atoms with Gasteiger partial charge in [0, 0.05) is 11.2 Å². The van der Waals surface area contributed by atoms with Crippen molar-refractivity contribution in [2.24, 2.45) is 10.7 Å². The Kier molecular flexibility index (Phi) is 9.69. The predicted octanol–water partition coefficient (Wildman–Crippen LogP) is 4.11. The van der Waals surface area contributed by atoms with Crippen molar-refractivity contribution in [3.63, 3.8) is 0 Å². The molecule has 2 aliphatic heterocycles. The van der Waals surface area contributed by atoms with Gasteiger partial charge in [-0.1, -0.05) is 38.5 Å². The SMILES string of the molecule is CCc1cccc(CC)c1NC(N)=NCC1(N2CCCCC2)CCN(C)CC1.I. The van der Waals surface area contributed by atoms with Gasteiger partial charge in [0.2, 0.25) is 0 Å². The smallest absolute Gasteiger partial charge is 0.193 e. The molecule has 2 fully saturated rings. The fourth-order valence-electron chi connectivity index (χ4n) is 4.78. The summed E-state index contributed by atoms with van der Waals surface area (Å²) in [6, 6.07) is 6.50. The maximum atomic E-state index is 6.40. The molecule has 0 bridgehead atoms. The number of halogens is 1. The minimum atomic E-state index is 0. The lowest BCUT2D eigenvalue weighted by molar-refractivity contribution is 0.0209. The molecule has 5 nitrogen and oxygen atoms in total. The van der Waals surface area contributed by atoms with Crippen molar-refractivity contribution in [2.45, 2.75) is 64.3 Å². The molecule has 2 heterocycles. The zero-order chi connectivity index (χ0) is 20.0. The highest BCUT2D eigenvalue weighted by Crippen LogP contribution is 2.32. The van der Waals surface area contributed by atoms with Gasteiger partial charge in [0.25, 0.3) is 0 Å². The summed E-state index contributed by atoms with van der Waals surface area (Å²) < 4.78 is 0. The van der Waals surface area contributed by atoms with Crippen LogP contribution in [0.4, 0.5) is 5.69 Å². The van der Waals surface area contributed by atoms with Gasteiger partial charge in [-0.15, -0.1) is 24.0 Å². The van der Waals surface area contributed by atoms with E-state index in [1.165, 1.54) is 56.3 Å². The van der Waals surface area contributed by atoms with Crippen LogP contribution >= 0.6 is 24.0 Å². The second-order valence-electron chi connectivity index (χ2n) is 8.56. The molecule has 0 spiro atoms. The highest BCUT2D eigenvalue weighted by molar-refractivity contribution is 14.0. The van der Waals surface area contributed by atoms with Gasteiger partial charge in [-0.05, 0) is 82.9 Å². The number of nitrogens with one attached hydrogen (secondary N) is 1. The molecule has 0 aromatic heterocycles. The predicted molar refractivity (Wildman–Crippen MR) is 136 cm³/mol. The molecule has 0 aliphatic carbocycles. The third-order valence-corrected chi connectivity index (χ3v) is 6.74. The molecule has 1 aromatic carbocycles. The molecule has 1 aromatic rings. The van der Waals surface area contributed by atoms with Gasteiger partial charge in [0.15, 0.2) is 5.96 Å². The van der Waals surface area contributed by atoms with Crippen molar-refractivity contribution in [2.75, 3.05) is 45.1 Å². The number of benzene rings is 1. The van der Waals surface area contributed by atoms with E-state index in [1.54, 1.807) is 0 Å². The van der Waals surface area contributed by atoms with Gasteiger partial charge in [0.05, 0.1) is 6.54 Å². The van der Waals surface area contributed by atoms with E-state index in [-0.39, 0.29) is 29.5 Å². The maximum absolute atomic E-state index is 6.40. The van der Waals surface area contributed by atoms with Crippen molar-refractivity contribution in [3.8, 4) is 0 Å². The molecule has 29 heavy (non-hydrogen) atoms. The molecule has 0 unspecified atom stereocenters. The number of nitrogens with zero attached hydrogens (tertiary/aromatic N) is 3. The average Bonchev–Trinajstić information content (AvgIpc) is 2.74. The summed E-state index contributed by atoms with van der Waals surface area (Å²) in [5.74, 6) is 0.561. The van der Waals surface area contributed by atoms with E-state index in [4.69, 9.17) is 10.7 Å². The number of piperidine rings is 2. The van der Waals surface area contributed by atoms with E-state index in [0.29, 0.717) is 5.96 Å². The Morgan fingerprint density at radius 2 is 1.62 bits per heavy atom. The Morgan fingerprint density at radius 3 is 2.17 bits per heavy atom. The zero-order valence-corrected chi connectivity index (χ0v) is 20.9. The van der Waals surface area contributed by atoms with Gasteiger partial charge in [-0.2, -0.15) is 0 Å². The molecule has 3 N–H and O–H groups in total. The third-order valence-electron chi connectivity index (χ3n) is 6.74. The van der Waals surface area contributed by atoms with Crippen LogP contribution in [0.25, 0.3) is 0 Å². The topological polar surface area (TPSA) is 56.9 Å². The first-order valence-corrected chi connectivity index (χ1v) is 11.2. The Morgan fingerprint density at radius 1 is 1.03 bits per heavy atom. The van der Waals surface area contributed by atoms with Crippen LogP contribution in [0, 0.1) is 0 Å². The maximum Gasteiger partial charge on any atom is 0.193 e. The van der Waals surface area contributed by atoms with Gasteiger partial charge in [-0.25, -0.2) is 0 Å². The summed E-state index contributed by atoms with van der Waals surface area (Å²) in [5, 5.41) is 3.45. The van der Waals surface area contributed by atoms with Crippen molar-refractivity contribution >= 4 is 35.6 Å². The van der Waals surface area contributed by atoms with E-state index in [0.717, 1.165) is 38.2 Å². The zero-order valence-electron chi connectivity index (χ0n) is 18.5. The number of hydrogen-bond acceptors (Lipinski definition) is 3. The van der Waals surface area contributed by atoms with Crippen molar-refractivity contribution in [3.05, 3.63) is 29.3 Å². The lowest BCUT2D eigenvalue weighted by atomic mass is 9.84. The first-order chi connectivity index (χ1) is 13.6. The molecule has 0 saturated carbocycles. The molecule has 3 rings (SSSR count). The van der Waals surface area contributed by atoms with E-state index in [9.17, 15) is 0 Å². The summed E-state index contributed by atoms with van der Waals surface area (Å²) in [5.41, 5.74) is 10.3. The van der Waals surface area contributed by atoms with E-state index in [1.807, 2.05) is 0 Å². The van der Waals surface area contributed by atoms with Crippen molar-refractivity contribution < 1.29 is 0 Å². The number of aryl methyl sites for hydroxylation is 2. The normalized spacial score (nSPS) is 20.9. The third kappa shape index (κ3) is 6.07. The lowest BCUT2D eigenvalue weighted by Gasteiger charge is -2.49. The van der Waals surface area contributed by atoms with E-state index >= 15 is 0 Å². The van der Waals surface area contributed by atoms with E-state index < -0.39 is 0 Å². The Balaban J connectivity index is 0.00000300. The van der Waals surface area contributed by atoms with Crippen LogP contribution in [-0.2, 0) is 12.8 Å². The quantitative estimate of drug-likeness (QED) is 0.342. The minimum absolute atomic E-state index is 0. The number of nitrogens with two attached hydrogens (primary N) is 1. The van der Waals surface area contributed by atoms with Crippen LogP contribution in [0.5, 0.6) is 0 Å². The van der Waals surface area contributed by atoms with Crippen molar-refractivity contribution in [1.29, 1.82) is 0 Å². The van der Waals surface area contributed by atoms with Crippen molar-refractivity contribution in [1.82, 2.24) is 9.80 Å². The number of hydrogen-bond donors (Lipinski definition) is 2. The molecule has 2 aliphatic rings. The first kappa shape index (κ1) is 24.4. The lowest BCUT2D eigenvalue weighted by Crippen LogP contribution is -2.58. The van der Waals surface area contributed by atoms with Crippen LogP contribution < -0.4 is 11.1 Å². The molecule has 6 heteroatoms. The summed E-state index contributed by atoms with van der Waals surface area (Å²) in [6.45, 7) is 9.91. The molecule has 0 amide bonds. The Hall–Kier alpha value is -0.860. The van der Waals surface area contributed by atoms with Crippen LogP contribution in [0.15, 0.2) is 23.2 Å². The number of anilines is 1. The number of aliphatic imine (C=N–C) groups is 1. The largest absolute Gasteiger partial charge is 0.370 e. The molecular weight excluding hydrogens is 473 g/mol. The number of guanidine groups is 1. The van der Waals surface area contributed by atoms with Crippen LogP contribution in [0.2, 0.25) is 0 Å². The fourth-order valence-corrected chi connectivity index (χ4v) is 4.78.